The van der Waals surface area contributed by atoms with Crippen molar-refractivity contribution < 1.29 is 39.8 Å². The van der Waals surface area contributed by atoms with Gasteiger partial charge < -0.3 is 40.3 Å². The Labute approximate surface area is 108 Å². The summed E-state index contributed by atoms with van der Waals surface area (Å²) in [5.74, 6) is -3.96. The van der Waals surface area contributed by atoms with E-state index in [1.165, 1.54) is 0 Å². The van der Waals surface area contributed by atoms with Gasteiger partial charge in [-0.15, -0.1) is 0 Å². The Bertz CT molecular complexity index is 342. The van der Waals surface area contributed by atoms with Crippen molar-refractivity contribution in [3.05, 3.63) is 0 Å². The van der Waals surface area contributed by atoms with E-state index in [2.05, 4.69) is 5.32 Å². The fourth-order valence-corrected chi connectivity index (χ4v) is 2.25. The van der Waals surface area contributed by atoms with Crippen LogP contribution in [0.4, 0.5) is 0 Å². The first-order valence-corrected chi connectivity index (χ1v) is 5.87. The molecule has 2 unspecified atom stereocenters. The predicted molar refractivity (Wildman–Crippen MR) is 58.1 cm³/mol. The molecule has 19 heavy (non-hydrogen) atoms. The minimum Gasteiger partial charge on any atom is -0.479 e. The number of ether oxygens (including phenoxy) is 2. The summed E-state index contributed by atoms with van der Waals surface area (Å²) in [5, 5.41) is 51.1. The van der Waals surface area contributed by atoms with Crippen molar-refractivity contribution in [1.82, 2.24) is 5.32 Å². The van der Waals surface area contributed by atoms with Crippen LogP contribution < -0.4 is 5.32 Å². The second-order valence-corrected chi connectivity index (χ2v) is 4.62. The van der Waals surface area contributed by atoms with Gasteiger partial charge in [0.25, 0.3) is 0 Å². The van der Waals surface area contributed by atoms with Crippen LogP contribution in [0.5, 0.6) is 0 Å². The van der Waals surface area contributed by atoms with Gasteiger partial charge in [0.05, 0.1) is 6.61 Å². The molecule has 0 amide bonds. The highest BCUT2D eigenvalue weighted by molar-refractivity contribution is 5.73. The zero-order chi connectivity index (χ0) is 14.2. The molecule has 9 heteroatoms. The van der Waals surface area contributed by atoms with E-state index >= 15 is 0 Å². The van der Waals surface area contributed by atoms with Crippen LogP contribution in [0.25, 0.3) is 0 Å². The smallest absolute Gasteiger partial charge is 0.335 e. The maximum atomic E-state index is 10.9. The summed E-state index contributed by atoms with van der Waals surface area (Å²) in [7, 11) is 0. The van der Waals surface area contributed by atoms with Gasteiger partial charge >= 0.3 is 5.97 Å². The van der Waals surface area contributed by atoms with Gasteiger partial charge in [-0.2, -0.15) is 0 Å². The first-order chi connectivity index (χ1) is 8.88. The van der Waals surface area contributed by atoms with Crippen molar-refractivity contribution in [2.75, 3.05) is 19.7 Å². The molecule has 0 aromatic heterocycles. The molecule has 2 fully saturated rings. The average molecular weight is 279 g/mol. The molecule has 2 heterocycles. The molecular weight excluding hydrogens is 262 g/mol. The third-order valence-electron chi connectivity index (χ3n) is 3.36. The SMILES string of the molecule is O=C(O)[C@H]1OC(O)(C2CNCCO2)[C@H](O)[C@@H](O)[C@@H]1O. The molecule has 2 rings (SSSR count). The van der Waals surface area contributed by atoms with Gasteiger partial charge in [-0.3, -0.25) is 0 Å². The molecule has 110 valence electrons. The van der Waals surface area contributed by atoms with Gasteiger partial charge in [-0.05, 0) is 0 Å². The summed E-state index contributed by atoms with van der Waals surface area (Å²) in [4.78, 5) is 10.9. The lowest BCUT2D eigenvalue weighted by Crippen LogP contribution is -2.72. The Morgan fingerprint density at radius 2 is 1.95 bits per heavy atom. The summed E-state index contributed by atoms with van der Waals surface area (Å²) in [6.45, 7) is 0.887. The zero-order valence-corrected chi connectivity index (χ0v) is 9.97. The summed E-state index contributed by atoms with van der Waals surface area (Å²) in [6, 6.07) is 0. The van der Waals surface area contributed by atoms with Crippen LogP contribution in [0.15, 0.2) is 0 Å². The number of carboxylic acids is 1. The van der Waals surface area contributed by atoms with Crippen LogP contribution >= 0.6 is 0 Å². The Morgan fingerprint density at radius 1 is 1.26 bits per heavy atom. The number of rotatable bonds is 2. The largest absolute Gasteiger partial charge is 0.479 e. The minimum absolute atomic E-state index is 0.114. The third kappa shape index (κ3) is 2.46. The number of aliphatic hydroxyl groups is 4. The summed E-state index contributed by atoms with van der Waals surface area (Å²) in [6.07, 6.45) is -8.49. The lowest BCUT2D eigenvalue weighted by atomic mass is 9.88. The van der Waals surface area contributed by atoms with Crippen molar-refractivity contribution in [3.63, 3.8) is 0 Å². The fraction of sp³-hybridized carbons (Fsp3) is 0.900. The molecular formula is C10H17NO8. The Morgan fingerprint density at radius 3 is 2.47 bits per heavy atom. The third-order valence-corrected chi connectivity index (χ3v) is 3.36. The molecule has 0 spiro atoms. The highest BCUT2D eigenvalue weighted by atomic mass is 16.7. The van der Waals surface area contributed by atoms with Crippen molar-refractivity contribution in [2.24, 2.45) is 0 Å². The quantitative estimate of drug-likeness (QED) is 0.299. The summed E-state index contributed by atoms with van der Waals surface area (Å²) in [5.41, 5.74) is 0. The molecule has 0 aromatic rings. The Balaban J connectivity index is 2.24. The van der Waals surface area contributed by atoms with E-state index < -0.39 is 42.3 Å². The molecule has 2 aliphatic rings. The van der Waals surface area contributed by atoms with E-state index in [0.717, 1.165) is 0 Å². The standard InChI is InChI=1S/C10H17NO8/c12-5-6(13)8(14)10(17,19-7(5)9(15)16)4-3-11-1-2-18-4/h4-8,11-14,17H,1-3H2,(H,15,16)/t4?,5-,6-,7-,8+,10?/m0/s1. The lowest BCUT2D eigenvalue weighted by molar-refractivity contribution is -0.373. The Kier molecular flexibility index (Phi) is 4.06. The lowest BCUT2D eigenvalue weighted by Gasteiger charge is -2.48. The summed E-state index contributed by atoms with van der Waals surface area (Å²) >= 11 is 0. The number of aliphatic hydroxyl groups excluding tert-OH is 3. The van der Waals surface area contributed by atoms with Gasteiger partial charge in [0.2, 0.25) is 5.79 Å². The minimum atomic E-state index is -2.41. The molecule has 6 atom stereocenters. The number of hydrogen-bond donors (Lipinski definition) is 6. The van der Waals surface area contributed by atoms with Crippen LogP contribution in [-0.2, 0) is 14.3 Å². The fourth-order valence-electron chi connectivity index (χ4n) is 2.25. The van der Waals surface area contributed by atoms with E-state index in [9.17, 15) is 25.2 Å². The van der Waals surface area contributed by atoms with Crippen LogP contribution in [0.3, 0.4) is 0 Å². The Hall–Kier alpha value is -0.810. The number of morpholine rings is 1. The van der Waals surface area contributed by atoms with Crippen LogP contribution in [-0.4, -0.2) is 87.5 Å². The second-order valence-electron chi connectivity index (χ2n) is 4.62. The number of nitrogens with one attached hydrogen (secondary N) is 1. The summed E-state index contributed by atoms with van der Waals surface area (Å²) < 4.78 is 10.1. The topological polar surface area (TPSA) is 149 Å². The first-order valence-electron chi connectivity index (χ1n) is 5.87. The maximum Gasteiger partial charge on any atom is 0.335 e. The maximum absolute atomic E-state index is 10.9. The molecule has 9 nitrogen and oxygen atoms in total. The molecule has 0 aromatic carbocycles. The van der Waals surface area contributed by atoms with Crippen molar-refractivity contribution in [3.8, 4) is 0 Å². The first kappa shape index (κ1) is 14.6. The molecule has 6 N–H and O–H groups in total. The number of hydrogen-bond acceptors (Lipinski definition) is 8. The van der Waals surface area contributed by atoms with E-state index in [1.807, 2.05) is 0 Å². The zero-order valence-electron chi connectivity index (χ0n) is 9.97. The van der Waals surface area contributed by atoms with Crippen LogP contribution in [0.1, 0.15) is 0 Å². The number of carbonyl (C=O) groups is 1. The van der Waals surface area contributed by atoms with Crippen molar-refractivity contribution in [1.29, 1.82) is 0 Å². The van der Waals surface area contributed by atoms with Gasteiger partial charge in [0.1, 0.15) is 24.4 Å². The molecule has 0 bridgehead atoms. The highest BCUT2D eigenvalue weighted by Crippen LogP contribution is 2.32. The molecule has 2 aliphatic heterocycles. The molecule has 0 radical (unpaired) electrons. The van der Waals surface area contributed by atoms with E-state index in [-0.39, 0.29) is 13.2 Å². The normalized spacial score (nSPS) is 47.9. The molecule has 0 saturated carbocycles. The average Bonchev–Trinajstić information content (AvgIpc) is 2.41. The second kappa shape index (κ2) is 5.29. The van der Waals surface area contributed by atoms with Crippen molar-refractivity contribution in [2.45, 2.75) is 36.3 Å². The monoisotopic (exact) mass is 279 g/mol. The number of aliphatic carboxylic acids is 1. The van der Waals surface area contributed by atoms with E-state index in [4.69, 9.17) is 14.6 Å². The highest BCUT2D eigenvalue weighted by Gasteiger charge is 2.59. The van der Waals surface area contributed by atoms with Gasteiger partial charge in [0, 0.05) is 13.1 Å². The van der Waals surface area contributed by atoms with Gasteiger partial charge in [0.15, 0.2) is 6.10 Å². The van der Waals surface area contributed by atoms with Gasteiger partial charge in [-0.25, -0.2) is 4.79 Å². The molecule has 0 aliphatic carbocycles. The number of carboxylic acid groups (broad SMARTS) is 1. The van der Waals surface area contributed by atoms with Crippen LogP contribution in [0, 0.1) is 0 Å². The van der Waals surface area contributed by atoms with Crippen LogP contribution in [0.2, 0.25) is 0 Å². The van der Waals surface area contributed by atoms with Gasteiger partial charge in [-0.1, -0.05) is 0 Å². The van der Waals surface area contributed by atoms with Crippen molar-refractivity contribution >= 4 is 5.97 Å². The van der Waals surface area contributed by atoms with E-state index in [0.29, 0.717) is 6.54 Å². The molecule has 2 saturated heterocycles. The predicted octanol–water partition coefficient (Wildman–Crippen LogP) is -3.77. The van der Waals surface area contributed by atoms with E-state index in [1.54, 1.807) is 0 Å².